The minimum absolute atomic E-state index is 0.0418. The minimum Gasteiger partial charge on any atom is -0.485 e. The Labute approximate surface area is 233 Å². The fourth-order valence-electron chi connectivity index (χ4n) is 4.87. The van der Waals surface area contributed by atoms with Crippen LogP contribution < -0.4 is 10.1 Å². The molecule has 1 aromatic heterocycles. The number of nitrogens with one attached hydrogen (secondary N) is 1. The molecular formula is C29H37BrN4O2S. The highest BCUT2D eigenvalue weighted by molar-refractivity contribution is 9.10. The Morgan fingerprint density at radius 2 is 1.86 bits per heavy atom. The quantitative estimate of drug-likeness (QED) is 0.259. The maximum absolute atomic E-state index is 12.8. The van der Waals surface area contributed by atoms with Gasteiger partial charge in [-0.1, -0.05) is 78.5 Å². The first kappa shape index (κ1) is 27.7. The van der Waals surface area contributed by atoms with Crippen LogP contribution in [-0.2, 0) is 11.4 Å². The lowest BCUT2D eigenvalue weighted by atomic mass is 9.95. The van der Waals surface area contributed by atoms with Crippen LogP contribution in [0.25, 0.3) is 0 Å². The van der Waals surface area contributed by atoms with Crippen LogP contribution in [0.15, 0.2) is 40.0 Å². The summed E-state index contributed by atoms with van der Waals surface area (Å²) in [6, 6.07) is 10.6. The van der Waals surface area contributed by atoms with E-state index in [4.69, 9.17) is 4.74 Å². The molecule has 0 saturated heterocycles. The summed E-state index contributed by atoms with van der Waals surface area (Å²) in [6.07, 6.45) is 5.86. The number of hydrogen-bond acceptors (Lipinski definition) is 5. The van der Waals surface area contributed by atoms with Gasteiger partial charge in [0.25, 0.3) is 0 Å². The van der Waals surface area contributed by atoms with Crippen molar-refractivity contribution in [1.29, 1.82) is 0 Å². The van der Waals surface area contributed by atoms with Crippen LogP contribution in [0.2, 0.25) is 0 Å². The third kappa shape index (κ3) is 6.96. The maximum atomic E-state index is 12.8. The van der Waals surface area contributed by atoms with E-state index >= 15 is 0 Å². The molecule has 198 valence electrons. The molecule has 0 spiro atoms. The standard InChI is InChI=1S/C29H37BrN4O2S/c1-18(2)23-15-24(30)20(4)14-26(23)36-16-27-32-33-29(34(27)22-9-7-6-8-10-22)37-17-28(35)31-25-12-11-19(3)13-21(25)5/h11-15,18,22H,6-10,16-17H2,1-5H3,(H,31,35). The SMILES string of the molecule is Cc1ccc(NC(=O)CSc2nnc(COc3cc(C)c(Br)cc3C(C)C)n2C2CCCCC2)c(C)c1. The predicted octanol–water partition coefficient (Wildman–Crippen LogP) is 7.90. The van der Waals surface area contributed by atoms with E-state index in [2.05, 4.69) is 81.9 Å². The number of carbonyl (C=O) groups is 1. The summed E-state index contributed by atoms with van der Waals surface area (Å²) in [4.78, 5) is 12.8. The lowest BCUT2D eigenvalue weighted by molar-refractivity contribution is -0.113. The second-order valence-electron chi connectivity index (χ2n) is 10.3. The van der Waals surface area contributed by atoms with Crippen molar-refractivity contribution >= 4 is 39.3 Å². The molecule has 1 aliphatic rings. The topological polar surface area (TPSA) is 69.0 Å². The highest BCUT2D eigenvalue weighted by Crippen LogP contribution is 2.35. The van der Waals surface area contributed by atoms with Crippen molar-refractivity contribution < 1.29 is 9.53 Å². The van der Waals surface area contributed by atoms with Gasteiger partial charge in [-0.25, -0.2) is 0 Å². The molecule has 1 heterocycles. The summed E-state index contributed by atoms with van der Waals surface area (Å²) >= 11 is 5.10. The number of nitrogens with zero attached hydrogens (tertiary/aromatic N) is 3. The first-order chi connectivity index (χ1) is 17.7. The molecule has 1 fully saturated rings. The van der Waals surface area contributed by atoms with E-state index in [9.17, 15) is 4.79 Å². The molecule has 3 aromatic rings. The smallest absolute Gasteiger partial charge is 0.234 e. The number of halogens is 1. The number of benzene rings is 2. The summed E-state index contributed by atoms with van der Waals surface area (Å²) in [6.45, 7) is 10.8. The molecule has 1 aliphatic carbocycles. The number of aryl methyl sites for hydroxylation is 3. The summed E-state index contributed by atoms with van der Waals surface area (Å²) < 4.78 is 9.68. The van der Waals surface area contributed by atoms with Crippen LogP contribution in [0.1, 0.15) is 86.0 Å². The maximum Gasteiger partial charge on any atom is 0.234 e. The number of aromatic nitrogens is 3. The molecule has 0 bridgehead atoms. The summed E-state index contributed by atoms with van der Waals surface area (Å²) in [5.74, 6) is 2.28. The lowest BCUT2D eigenvalue weighted by Crippen LogP contribution is -2.19. The van der Waals surface area contributed by atoms with E-state index in [1.807, 2.05) is 19.1 Å². The van der Waals surface area contributed by atoms with Gasteiger partial charge in [0, 0.05) is 16.2 Å². The molecule has 8 heteroatoms. The first-order valence-electron chi connectivity index (χ1n) is 13.1. The zero-order valence-electron chi connectivity index (χ0n) is 22.4. The van der Waals surface area contributed by atoms with E-state index < -0.39 is 0 Å². The van der Waals surface area contributed by atoms with Crippen molar-refractivity contribution in [2.45, 2.75) is 90.4 Å². The molecule has 1 amide bonds. The molecule has 2 aromatic carbocycles. The lowest BCUT2D eigenvalue weighted by Gasteiger charge is -2.25. The van der Waals surface area contributed by atoms with Gasteiger partial charge in [-0.15, -0.1) is 10.2 Å². The van der Waals surface area contributed by atoms with Crippen molar-refractivity contribution in [3.8, 4) is 5.75 Å². The Morgan fingerprint density at radius 1 is 1.11 bits per heavy atom. The Morgan fingerprint density at radius 3 is 2.57 bits per heavy atom. The monoisotopic (exact) mass is 584 g/mol. The summed E-state index contributed by atoms with van der Waals surface area (Å²) in [7, 11) is 0. The molecule has 0 aliphatic heterocycles. The fourth-order valence-corrected chi connectivity index (χ4v) is 6.05. The van der Waals surface area contributed by atoms with Gasteiger partial charge in [-0.05, 0) is 74.4 Å². The van der Waals surface area contributed by atoms with Gasteiger partial charge in [0.15, 0.2) is 11.0 Å². The molecule has 0 atom stereocenters. The zero-order chi connectivity index (χ0) is 26.5. The van der Waals surface area contributed by atoms with Gasteiger partial charge in [-0.3, -0.25) is 9.36 Å². The third-order valence-corrected chi connectivity index (χ3v) is 8.73. The second-order valence-corrected chi connectivity index (χ2v) is 12.1. The van der Waals surface area contributed by atoms with E-state index in [1.165, 1.54) is 42.2 Å². The number of amides is 1. The van der Waals surface area contributed by atoms with Gasteiger partial charge in [0.05, 0.1) is 5.75 Å². The normalized spacial score (nSPS) is 14.2. The van der Waals surface area contributed by atoms with Gasteiger partial charge in [0.1, 0.15) is 12.4 Å². The zero-order valence-corrected chi connectivity index (χ0v) is 24.8. The van der Waals surface area contributed by atoms with Crippen molar-refractivity contribution in [1.82, 2.24) is 14.8 Å². The number of carbonyl (C=O) groups excluding carboxylic acids is 1. The van der Waals surface area contributed by atoms with E-state index in [0.717, 1.165) is 50.9 Å². The molecule has 6 nitrogen and oxygen atoms in total. The number of thioether (sulfide) groups is 1. The second kappa shape index (κ2) is 12.5. The largest absolute Gasteiger partial charge is 0.485 e. The summed E-state index contributed by atoms with van der Waals surface area (Å²) in [5, 5.41) is 12.9. The Bertz CT molecular complexity index is 1250. The predicted molar refractivity (Wildman–Crippen MR) is 155 cm³/mol. The fraction of sp³-hybridized carbons (Fsp3) is 0.483. The Balaban J connectivity index is 1.50. The van der Waals surface area contributed by atoms with Gasteiger partial charge < -0.3 is 10.1 Å². The van der Waals surface area contributed by atoms with Gasteiger partial charge >= 0.3 is 0 Å². The minimum atomic E-state index is -0.0418. The summed E-state index contributed by atoms with van der Waals surface area (Å²) in [5.41, 5.74) is 5.40. The average molecular weight is 586 g/mol. The Hall–Kier alpha value is -2.32. The van der Waals surface area contributed by atoms with Crippen LogP contribution in [0.5, 0.6) is 5.75 Å². The molecule has 0 radical (unpaired) electrons. The highest BCUT2D eigenvalue weighted by atomic mass is 79.9. The number of anilines is 1. The van der Waals surface area contributed by atoms with E-state index in [-0.39, 0.29) is 11.7 Å². The van der Waals surface area contributed by atoms with Crippen LogP contribution in [0, 0.1) is 20.8 Å². The van der Waals surface area contributed by atoms with Crippen molar-refractivity contribution in [3.05, 3.63) is 62.9 Å². The first-order valence-corrected chi connectivity index (χ1v) is 14.9. The van der Waals surface area contributed by atoms with Gasteiger partial charge in [-0.2, -0.15) is 0 Å². The number of hydrogen-bond donors (Lipinski definition) is 1. The van der Waals surface area contributed by atoms with Crippen LogP contribution in [0.3, 0.4) is 0 Å². The average Bonchev–Trinajstić information content (AvgIpc) is 3.28. The number of rotatable bonds is 9. The molecule has 4 rings (SSSR count). The van der Waals surface area contributed by atoms with Crippen LogP contribution >= 0.6 is 27.7 Å². The third-order valence-electron chi connectivity index (χ3n) is 6.93. The van der Waals surface area contributed by atoms with Crippen LogP contribution in [-0.4, -0.2) is 26.4 Å². The molecule has 1 N–H and O–H groups in total. The van der Waals surface area contributed by atoms with Crippen molar-refractivity contribution in [2.24, 2.45) is 0 Å². The Kier molecular flexibility index (Phi) is 9.35. The number of ether oxygens (including phenoxy) is 1. The molecule has 0 unspecified atom stereocenters. The van der Waals surface area contributed by atoms with Crippen LogP contribution in [0.4, 0.5) is 5.69 Å². The molecule has 1 saturated carbocycles. The van der Waals surface area contributed by atoms with Crippen molar-refractivity contribution in [2.75, 3.05) is 11.1 Å². The molecule has 37 heavy (non-hydrogen) atoms. The van der Waals surface area contributed by atoms with E-state index in [0.29, 0.717) is 18.6 Å². The van der Waals surface area contributed by atoms with Gasteiger partial charge in [0.2, 0.25) is 5.91 Å². The molecular weight excluding hydrogens is 548 g/mol. The van der Waals surface area contributed by atoms with E-state index in [1.54, 1.807) is 0 Å². The highest BCUT2D eigenvalue weighted by Gasteiger charge is 2.24. The van der Waals surface area contributed by atoms with Crippen molar-refractivity contribution in [3.63, 3.8) is 0 Å².